The molecule has 0 aliphatic carbocycles. The quantitative estimate of drug-likeness (QED) is 0.782. The molecule has 19 heavy (non-hydrogen) atoms. The second-order valence-electron chi connectivity index (χ2n) is 4.72. The Morgan fingerprint density at radius 2 is 2.11 bits per heavy atom. The third-order valence-corrected chi connectivity index (χ3v) is 4.24. The molecule has 0 spiro atoms. The molecule has 0 saturated heterocycles. The van der Waals surface area contributed by atoms with Crippen molar-refractivity contribution in [1.82, 2.24) is 4.98 Å². The van der Waals surface area contributed by atoms with Gasteiger partial charge < -0.3 is 5.11 Å². The van der Waals surface area contributed by atoms with Gasteiger partial charge in [0.2, 0.25) is 0 Å². The maximum atomic E-state index is 10.4. The first-order chi connectivity index (χ1) is 9.24. The molecular weight excluding hydrogens is 254 g/mol. The molecule has 0 aliphatic heterocycles. The van der Waals surface area contributed by atoms with E-state index in [1.165, 1.54) is 11.1 Å². The van der Waals surface area contributed by atoms with E-state index in [4.69, 9.17) is 0 Å². The molecular formula is C16H15NOS. The van der Waals surface area contributed by atoms with E-state index in [1.807, 2.05) is 29.6 Å². The first-order valence-electron chi connectivity index (χ1n) is 6.30. The minimum Gasteiger partial charge on any atom is -0.388 e. The van der Waals surface area contributed by atoms with E-state index in [-0.39, 0.29) is 0 Å². The van der Waals surface area contributed by atoms with Crippen molar-refractivity contribution in [1.29, 1.82) is 0 Å². The Morgan fingerprint density at radius 1 is 1.26 bits per heavy atom. The lowest BCUT2D eigenvalue weighted by atomic mass is 9.99. The van der Waals surface area contributed by atoms with Crippen molar-refractivity contribution >= 4 is 21.6 Å². The summed E-state index contributed by atoms with van der Waals surface area (Å²) in [6, 6.07) is 12.2. The third-order valence-electron chi connectivity index (χ3n) is 3.38. The lowest BCUT2D eigenvalue weighted by Crippen LogP contribution is -2.03. The average molecular weight is 269 g/mol. The lowest BCUT2D eigenvalue weighted by Gasteiger charge is -2.12. The summed E-state index contributed by atoms with van der Waals surface area (Å²) in [5.41, 5.74) is 4.28. The van der Waals surface area contributed by atoms with E-state index in [1.54, 1.807) is 17.5 Å². The smallest absolute Gasteiger partial charge is 0.0845 e. The maximum Gasteiger partial charge on any atom is 0.0845 e. The van der Waals surface area contributed by atoms with Crippen LogP contribution in [0.15, 0.2) is 48.0 Å². The van der Waals surface area contributed by atoms with E-state index < -0.39 is 6.10 Å². The number of hydrogen-bond acceptors (Lipinski definition) is 3. The van der Waals surface area contributed by atoms with E-state index in [2.05, 4.69) is 24.0 Å². The highest BCUT2D eigenvalue weighted by Gasteiger charge is 2.11. The molecule has 1 atom stereocenters. The molecule has 1 N–H and O–H groups in total. The normalized spacial score (nSPS) is 12.7. The number of benzene rings is 1. The van der Waals surface area contributed by atoms with Crippen molar-refractivity contribution in [3.63, 3.8) is 0 Å². The minimum atomic E-state index is -0.500. The standard InChI is InChI=1S/C16H15NOS/c1-11-4-2-3-5-12(11)8-15(18)13-9-16-14(17-10-13)6-7-19-16/h2-7,9-10,15,18H,8H2,1H3. The zero-order valence-electron chi connectivity index (χ0n) is 10.7. The van der Waals surface area contributed by atoms with Gasteiger partial charge in [-0.05, 0) is 35.6 Å². The monoisotopic (exact) mass is 269 g/mol. The van der Waals surface area contributed by atoms with Crippen molar-refractivity contribution in [3.8, 4) is 0 Å². The third kappa shape index (κ3) is 2.53. The SMILES string of the molecule is Cc1ccccc1CC(O)c1cnc2ccsc2c1. The molecule has 2 heterocycles. The zero-order chi connectivity index (χ0) is 13.2. The van der Waals surface area contributed by atoms with Gasteiger partial charge in [-0.3, -0.25) is 4.98 Å². The van der Waals surface area contributed by atoms with Crippen molar-refractivity contribution in [2.45, 2.75) is 19.4 Å². The zero-order valence-corrected chi connectivity index (χ0v) is 11.5. The van der Waals surface area contributed by atoms with Crippen LogP contribution in [0.3, 0.4) is 0 Å². The van der Waals surface area contributed by atoms with Crippen LogP contribution in [0.4, 0.5) is 0 Å². The molecule has 96 valence electrons. The Kier molecular flexibility index (Phi) is 3.32. The van der Waals surface area contributed by atoms with Crippen molar-refractivity contribution in [2.75, 3.05) is 0 Å². The summed E-state index contributed by atoms with van der Waals surface area (Å²) in [7, 11) is 0. The van der Waals surface area contributed by atoms with Gasteiger partial charge in [0.15, 0.2) is 0 Å². The Morgan fingerprint density at radius 3 is 2.95 bits per heavy atom. The maximum absolute atomic E-state index is 10.4. The molecule has 1 unspecified atom stereocenters. The van der Waals surface area contributed by atoms with Gasteiger partial charge in [0, 0.05) is 18.2 Å². The number of rotatable bonds is 3. The predicted molar refractivity (Wildman–Crippen MR) is 79.5 cm³/mol. The molecule has 0 bridgehead atoms. The second-order valence-corrected chi connectivity index (χ2v) is 5.67. The second kappa shape index (κ2) is 5.11. The fourth-order valence-corrected chi connectivity index (χ4v) is 3.00. The highest BCUT2D eigenvalue weighted by atomic mass is 32.1. The number of thiophene rings is 1. The van der Waals surface area contributed by atoms with Crippen molar-refractivity contribution < 1.29 is 5.11 Å². The van der Waals surface area contributed by atoms with Crippen LogP contribution in [-0.4, -0.2) is 10.1 Å². The molecule has 3 rings (SSSR count). The van der Waals surface area contributed by atoms with Crippen LogP contribution in [0.5, 0.6) is 0 Å². The van der Waals surface area contributed by atoms with Gasteiger partial charge in [-0.1, -0.05) is 24.3 Å². The average Bonchev–Trinajstić information content (AvgIpc) is 2.88. The number of pyridine rings is 1. The van der Waals surface area contributed by atoms with Crippen LogP contribution >= 0.6 is 11.3 Å². The minimum absolute atomic E-state index is 0.500. The predicted octanol–water partition coefficient (Wildman–Crippen LogP) is 3.88. The van der Waals surface area contributed by atoms with E-state index in [0.29, 0.717) is 6.42 Å². The number of aromatic nitrogens is 1. The van der Waals surface area contributed by atoms with Crippen molar-refractivity contribution in [2.24, 2.45) is 0 Å². The first-order valence-corrected chi connectivity index (χ1v) is 7.18. The Balaban J connectivity index is 1.87. The summed E-state index contributed by atoms with van der Waals surface area (Å²) in [6.07, 6.45) is 1.91. The molecule has 0 radical (unpaired) electrons. The molecule has 0 fully saturated rings. The van der Waals surface area contributed by atoms with Crippen LogP contribution in [0, 0.1) is 6.92 Å². The highest BCUT2D eigenvalue weighted by Crippen LogP contribution is 2.25. The van der Waals surface area contributed by atoms with E-state index in [0.717, 1.165) is 15.8 Å². The fraction of sp³-hybridized carbons (Fsp3) is 0.188. The summed E-state index contributed by atoms with van der Waals surface area (Å²) in [4.78, 5) is 4.38. The van der Waals surface area contributed by atoms with Crippen molar-refractivity contribution in [3.05, 3.63) is 64.7 Å². The van der Waals surface area contributed by atoms with Gasteiger partial charge in [0.05, 0.1) is 16.3 Å². The topological polar surface area (TPSA) is 33.1 Å². The van der Waals surface area contributed by atoms with E-state index in [9.17, 15) is 5.11 Å². The van der Waals surface area contributed by atoms with Gasteiger partial charge in [0.25, 0.3) is 0 Å². The van der Waals surface area contributed by atoms with E-state index >= 15 is 0 Å². The number of fused-ring (bicyclic) bond motifs is 1. The molecule has 3 heteroatoms. The number of aliphatic hydroxyl groups is 1. The number of nitrogens with zero attached hydrogens (tertiary/aromatic N) is 1. The Bertz CT molecular complexity index is 705. The molecule has 2 aromatic heterocycles. The van der Waals surface area contributed by atoms with Crippen LogP contribution in [0.2, 0.25) is 0 Å². The summed E-state index contributed by atoms with van der Waals surface area (Å²) in [5.74, 6) is 0. The Labute approximate surface area is 116 Å². The first kappa shape index (κ1) is 12.3. The summed E-state index contributed by atoms with van der Waals surface area (Å²) in [5, 5.41) is 12.4. The molecule has 2 nitrogen and oxygen atoms in total. The van der Waals surface area contributed by atoms with Crippen LogP contribution in [0.1, 0.15) is 22.8 Å². The summed E-state index contributed by atoms with van der Waals surface area (Å²) < 4.78 is 1.13. The number of hydrogen-bond donors (Lipinski definition) is 1. The molecule has 3 aromatic rings. The van der Waals surface area contributed by atoms with Gasteiger partial charge in [-0.15, -0.1) is 11.3 Å². The van der Waals surface area contributed by atoms with Crippen LogP contribution in [-0.2, 0) is 6.42 Å². The molecule has 0 aliphatic rings. The van der Waals surface area contributed by atoms with Gasteiger partial charge in [-0.25, -0.2) is 0 Å². The van der Waals surface area contributed by atoms with Gasteiger partial charge in [-0.2, -0.15) is 0 Å². The summed E-state index contributed by atoms with van der Waals surface area (Å²) in [6.45, 7) is 2.07. The van der Waals surface area contributed by atoms with Crippen LogP contribution < -0.4 is 0 Å². The lowest BCUT2D eigenvalue weighted by molar-refractivity contribution is 0.178. The number of aliphatic hydroxyl groups excluding tert-OH is 1. The largest absolute Gasteiger partial charge is 0.388 e. The molecule has 0 saturated carbocycles. The summed E-state index contributed by atoms with van der Waals surface area (Å²) >= 11 is 1.65. The fourth-order valence-electron chi connectivity index (χ4n) is 2.21. The van der Waals surface area contributed by atoms with Gasteiger partial charge in [0.1, 0.15) is 0 Å². The number of aryl methyl sites for hydroxylation is 1. The van der Waals surface area contributed by atoms with Gasteiger partial charge >= 0.3 is 0 Å². The molecule has 0 amide bonds. The van der Waals surface area contributed by atoms with Crippen LogP contribution in [0.25, 0.3) is 10.2 Å². The Hall–Kier alpha value is -1.71. The highest BCUT2D eigenvalue weighted by molar-refractivity contribution is 7.17. The molecule has 1 aromatic carbocycles.